The lowest BCUT2D eigenvalue weighted by Gasteiger charge is -2.15. The van der Waals surface area contributed by atoms with Gasteiger partial charge in [-0.3, -0.25) is 4.18 Å². The first kappa shape index (κ1) is 17.7. The topological polar surface area (TPSA) is 74.7 Å². The zero-order valence-electron chi connectivity index (χ0n) is 13.0. The minimum Gasteiger partial charge on any atom is -0.493 e. The Morgan fingerprint density at radius 3 is 2.52 bits per heavy atom. The van der Waals surface area contributed by atoms with Crippen molar-refractivity contribution in [2.24, 2.45) is 0 Å². The predicted molar refractivity (Wildman–Crippen MR) is 80.2 cm³/mol. The van der Waals surface area contributed by atoms with E-state index >= 15 is 0 Å². The molecule has 0 saturated heterocycles. The monoisotopic (exact) mass is 317 g/mol. The van der Waals surface area contributed by atoms with E-state index in [2.05, 4.69) is 11.9 Å². The van der Waals surface area contributed by atoms with Crippen LogP contribution in [0.2, 0.25) is 0 Å². The smallest absolute Gasteiger partial charge is 0.264 e. The quantitative estimate of drug-likeness (QED) is 0.514. The second kappa shape index (κ2) is 8.19. The number of aromatic nitrogens is 1. The van der Waals surface area contributed by atoms with E-state index in [-0.39, 0.29) is 6.61 Å². The van der Waals surface area contributed by atoms with Crippen molar-refractivity contribution in [2.75, 3.05) is 19.5 Å². The van der Waals surface area contributed by atoms with Gasteiger partial charge in [0, 0.05) is 11.8 Å². The summed E-state index contributed by atoms with van der Waals surface area (Å²) in [5.41, 5.74) is 1.26. The molecule has 1 heterocycles. The zero-order valence-corrected chi connectivity index (χ0v) is 13.8. The maximum absolute atomic E-state index is 11.2. The van der Waals surface area contributed by atoms with Gasteiger partial charge in [-0.05, 0) is 20.3 Å². The first-order valence-electron chi connectivity index (χ1n) is 6.97. The van der Waals surface area contributed by atoms with Gasteiger partial charge >= 0.3 is 0 Å². The Bertz CT molecular complexity index is 557. The summed E-state index contributed by atoms with van der Waals surface area (Å²) < 4.78 is 38.4. The largest absolute Gasteiger partial charge is 0.493 e. The van der Waals surface area contributed by atoms with Gasteiger partial charge in [-0.15, -0.1) is 0 Å². The van der Waals surface area contributed by atoms with Gasteiger partial charge in [0.2, 0.25) is 5.88 Å². The van der Waals surface area contributed by atoms with Gasteiger partial charge in [0.15, 0.2) is 0 Å². The van der Waals surface area contributed by atoms with Crippen LogP contribution >= 0.6 is 0 Å². The van der Waals surface area contributed by atoms with Gasteiger partial charge in [-0.25, -0.2) is 4.98 Å². The maximum Gasteiger partial charge on any atom is 0.264 e. The van der Waals surface area contributed by atoms with E-state index in [1.54, 1.807) is 6.07 Å². The Morgan fingerprint density at radius 2 is 1.95 bits per heavy atom. The molecular weight excluding hydrogens is 294 g/mol. The van der Waals surface area contributed by atoms with E-state index < -0.39 is 10.1 Å². The van der Waals surface area contributed by atoms with Crippen molar-refractivity contribution in [3.05, 3.63) is 17.3 Å². The van der Waals surface area contributed by atoms with Gasteiger partial charge in [0.25, 0.3) is 10.1 Å². The highest BCUT2D eigenvalue weighted by atomic mass is 32.2. The SMILES string of the molecule is CCCCOc1nc(C)cc(OCC)c1COS(C)(=O)=O. The van der Waals surface area contributed by atoms with E-state index in [9.17, 15) is 8.42 Å². The molecule has 1 aromatic rings. The Morgan fingerprint density at radius 1 is 1.24 bits per heavy atom. The van der Waals surface area contributed by atoms with Crippen LogP contribution in [0.4, 0.5) is 0 Å². The number of ether oxygens (including phenoxy) is 2. The summed E-state index contributed by atoms with van der Waals surface area (Å²) in [7, 11) is -3.54. The van der Waals surface area contributed by atoms with Crippen molar-refractivity contribution in [2.45, 2.75) is 40.2 Å². The third kappa shape index (κ3) is 6.31. The normalized spacial score (nSPS) is 11.4. The minimum atomic E-state index is -3.54. The van der Waals surface area contributed by atoms with E-state index in [0.717, 1.165) is 24.8 Å². The highest BCUT2D eigenvalue weighted by molar-refractivity contribution is 7.85. The van der Waals surface area contributed by atoms with E-state index in [1.807, 2.05) is 13.8 Å². The van der Waals surface area contributed by atoms with Crippen LogP contribution in [0.1, 0.15) is 37.9 Å². The third-order valence-electron chi connectivity index (χ3n) is 2.63. The van der Waals surface area contributed by atoms with Crippen molar-refractivity contribution in [1.82, 2.24) is 4.98 Å². The summed E-state index contributed by atoms with van der Waals surface area (Å²) in [6, 6.07) is 1.75. The Kier molecular flexibility index (Phi) is 6.91. The lowest BCUT2D eigenvalue weighted by atomic mass is 10.2. The van der Waals surface area contributed by atoms with E-state index in [1.165, 1.54) is 0 Å². The second-order valence-electron chi connectivity index (χ2n) is 4.65. The van der Waals surface area contributed by atoms with Crippen molar-refractivity contribution in [3.8, 4) is 11.6 Å². The number of nitrogens with zero attached hydrogens (tertiary/aromatic N) is 1. The van der Waals surface area contributed by atoms with Crippen molar-refractivity contribution in [3.63, 3.8) is 0 Å². The first-order chi connectivity index (χ1) is 9.87. The summed E-state index contributed by atoms with van der Waals surface area (Å²) in [5, 5.41) is 0. The van der Waals surface area contributed by atoms with Crippen LogP contribution < -0.4 is 9.47 Å². The Labute approximate surface area is 126 Å². The molecule has 0 amide bonds. The zero-order chi connectivity index (χ0) is 15.9. The van der Waals surface area contributed by atoms with Crippen LogP contribution in [0.5, 0.6) is 11.6 Å². The van der Waals surface area contributed by atoms with E-state index in [4.69, 9.17) is 13.7 Å². The highest BCUT2D eigenvalue weighted by Gasteiger charge is 2.16. The van der Waals surface area contributed by atoms with Crippen LogP contribution in [0, 0.1) is 6.92 Å². The molecule has 0 unspecified atom stereocenters. The van der Waals surface area contributed by atoms with Crippen LogP contribution in [-0.2, 0) is 20.9 Å². The van der Waals surface area contributed by atoms with Crippen LogP contribution in [-0.4, -0.2) is 32.9 Å². The fourth-order valence-electron chi connectivity index (χ4n) is 1.66. The molecule has 0 spiro atoms. The molecule has 6 nitrogen and oxygen atoms in total. The minimum absolute atomic E-state index is 0.150. The molecule has 0 aromatic carbocycles. The molecule has 0 aliphatic heterocycles. The molecule has 0 radical (unpaired) electrons. The fraction of sp³-hybridized carbons (Fsp3) is 0.643. The first-order valence-corrected chi connectivity index (χ1v) is 8.79. The number of hydrogen-bond acceptors (Lipinski definition) is 6. The average molecular weight is 317 g/mol. The summed E-state index contributed by atoms with van der Waals surface area (Å²) in [4.78, 5) is 4.31. The van der Waals surface area contributed by atoms with Crippen molar-refractivity contribution in [1.29, 1.82) is 0 Å². The molecule has 0 aliphatic rings. The average Bonchev–Trinajstić information content (AvgIpc) is 2.37. The summed E-state index contributed by atoms with van der Waals surface area (Å²) in [6.45, 7) is 6.58. The number of rotatable bonds is 9. The molecule has 0 fully saturated rings. The molecule has 21 heavy (non-hydrogen) atoms. The van der Waals surface area contributed by atoms with Gasteiger partial charge in [0.1, 0.15) is 12.4 Å². The maximum atomic E-state index is 11.2. The second-order valence-corrected chi connectivity index (χ2v) is 6.29. The summed E-state index contributed by atoms with van der Waals surface area (Å²) in [6.07, 6.45) is 2.90. The molecule has 0 atom stereocenters. The predicted octanol–water partition coefficient (Wildman–Crippen LogP) is 2.44. The molecule has 1 aromatic heterocycles. The molecule has 0 aliphatic carbocycles. The number of unbranched alkanes of at least 4 members (excludes halogenated alkanes) is 1. The number of hydrogen-bond donors (Lipinski definition) is 0. The van der Waals surface area contributed by atoms with Crippen LogP contribution in [0.15, 0.2) is 6.07 Å². The van der Waals surface area contributed by atoms with Gasteiger partial charge in [0.05, 0.1) is 25.0 Å². The fourth-order valence-corrected chi connectivity index (χ4v) is 1.99. The molecule has 0 saturated carbocycles. The number of pyridine rings is 1. The van der Waals surface area contributed by atoms with Crippen LogP contribution in [0.25, 0.3) is 0 Å². The van der Waals surface area contributed by atoms with Crippen molar-refractivity contribution < 1.29 is 22.1 Å². The molecule has 7 heteroatoms. The number of aryl methyl sites for hydroxylation is 1. The van der Waals surface area contributed by atoms with Crippen LogP contribution in [0.3, 0.4) is 0 Å². The van der Waals surface area contributed by atoms with Gasteiger partial charge < -0.3 is 9.47 Å². The Balaban J connectivity index is 3.06. The molecule has 0 bridgehead atoms. The lowest BCUT2D eigenvalue weighted by molar-refractivity contribution is 0.258. The molecule has 120 valence electrons. The van der Waals surface area contributed by atoms with Gasteiger partial charge in [-0.2, -0.15) is 8.42 Å². The molecular formula is C14H23NO5S. The van der Waals surface area contributed by atoms with E-state index in [0.29, 0.717) is 30.4 Å². The highest BCUT2D eigenvalue weighted by Crippen LogP contribution is 2.29. The summed E-state index contributed by atoms with van der Waals surface area (Å²) in [5.74, 6) is 0.913. The molecule has 0 N–H and O–H groups in total. The Hall–Kier alpha value is -1.34. The molecule has 1 rings (SSSR count). The van der Waals surface area contributed by atoms with Crippen molar-refractivity contribution >= 4 is 10.1 Å². The summed E-state index contributed by atoms with van der Waals surface area (Å²) >= 11 is 0. The lowest BCUT2D eigenvalue weighted by Crippen LogP contribution is -2.09. The standard InChI is InChI=1S/C14H23NO5S/c1-5-7-8-19-14-12(10-20-21(4,16)17)13(18-6-2)9-11(3)15-14/h9H,5-8,10H2,1-4H3. The third-order valence-corrected chi connectivity index (χ3v) is 3.17. The van der Waals surface area contributed by atoms with Gasteiger partial charge in [-0.1, -0.05) is 13.3 Å².